The fraction of sp³-hybridized carbons (Fsp3) is 0.633. The number of hydrogen-bond acceptors (Lipinski definition) is 4. The van der Waals surface area contributed by atoms with Crippen LogP contribution in [0.5, 0.6) is 0 Å². The van der Waals surface area contributed by atoms with Crippen LogP contribution in [0.3, 0.4) is 0 Å². The van der Waals surface area contributed by atoms with E-state index in [4.69, 9.17) is 4.74 Å². The van der Waals surface area contributed by atoms with E-state index in [2.05, 4.69) is 60.5 Å². The van der Waals surface area contributed by atoms with Crippen LogP contribution in [0.2, 0.25) is 0 Å². The van der Waals surface area contributed by atoms with Crippen molar-refractivity contribution in [3.8, 4) is 0 Å². The molecule has 202 valence electrons. The number of ether oxygens (including phenoxy) is 1. The summed E-state index contributed by atoms with van der Waals surface area (Å²) in [5.41, 5.74) is 4.45. The molecule has 2 atom stereocenters. The fourth-order valence-electron chi connectivity index (χ4n) is 5.67. The summed E-state index contributed by atoms with van der Waals surface area (Å²) >= 11 is 0. The molecular formula is C30H44N4O3. The predicted molar refractivity (Wildman–Crippen MR) is 146 cm³/mol. The van der Waals surface area contributed by atoms with E-state index in [0.717, 1.165) is 79.7 Å². The van der Waals surface area contributed by atoms with Crippen LogP contribution in [-0.2, 0) is 24.1 Å². The zero-order valence-corrected chi connectivity index (χ0v) is 23.7. The number of hydrogen-bond donors (Lipinski definition) is 0. The molecule has 1 amide bonds. The number of carbonyl (C=O) groups excluding carboxylic acids is 2. The number of aromatic nitrogens is 3. The van der Waals surface area contributed by atoms with Crippen molar-refractivity contribution in [3.05, 3.63) is 52.6 Å². The van der Waals surface area contributed by atoms with E-state index in [0.29, 0.717) is 12.0 Å². The Morgan fingerprint density at radius 3 is 2.57 bits per heavy atom. The highest BCUT2D eigenvalue weighted by atomic mass is 16.6. The predicted octanol–water partition coefficient (Wildman–Crippen LogP) is 6.24. The van der Waals surface area contributed by atoms with Gasteiger partial charge in [0.1, 0.15) is 5.60 Å². The summed E-state index contributed by atoms with van der Waals surface area (Å²) in [6, 6.07) is 2.50. The average molecular weight is 509 g/mol. The molecular weight excluding hydrogens is 464 g/mol. The summed E-state index contributed by atoms with van der Waals surface area (Å²) in [4.78, 5) is 28.7. The summed E-state index contributed by atoms with van der Waals surface area (Å²) in [5.74, 6) is 0.619. The minimum Gasteiger partial charge on any atom is -0.442 e. The number of allylic oxidation sites excluding steroid dienone is 2. The van der Waals surface area contributed by atoms with Gasteiger partial charge in [0.05, 0.1) is 11.3 Å². The van der Waals surface area contributed by atoms with Crippen LogP contribution in [0.4, 0.5) is 4.79 Å². The van der Waals surface area contributed by atoms with Gasteiger partial charge in [-0.2, -0.15) is 9.78 Å². The fourth-order valence-corrected chi connectivity index (χ4v) is 5.67. The van der Waals surface area contributed by atoms with Gasteiger partial charge >= 0.3 is 6.09 Å². The number of nitrogens with zero attached hydrogens (tertiary/aromatic N) is 4. The smallest absolute Gasteiger partial charge is 0.435 e. The molecule has 2 aromatic rings. The lowest BCUT2D eigenvalue weighted by Crippen LogP contribution is -2.45. The lowest BCUT2D eigenvalue weighted by molar-refractivity contribution is 0.0513. The Morgan fingerprint density at radius 1 is 1.22 bits per heavy atom. The summed E-state index contributed by atoms with van der Waals surface area (Å²) in [6.45, 7) is 15.0. The van der Waals surface area contributed by atoms with Gasteiger partial charge in [-0.3, -0.25) is 4.79 Å². The molecule has 7 nitrogen and oxygen atoms in total. The number of aryl methyl sites for hydroxylation is 2. The average Bonchev–Trinajstić information content (AvgIpc) is 3.49. The molecule has 2 aromatic heterocycles. The Bertz CT molecular complexity index is 1160. The number of rotatable bonds is 8. The molecule has 37 heavy (non-hydrogen) atoms. The first-order valence-corrected chi connectivity index (χ1v) is 13.9. The molecule has 0 spiro atoms. The molecule has 2 aliphatic carbocycles. The molecule has 0 aromatic carbocycles. The number of fused-ring (bicyclic) bond motifs is 1. The Morgan fingerprint density at radius 2 is 1.95 bits per heavy atom. The van der Waals surface area contributed by atoms with Crippen molar-refractivity contribution < 1.29 is 14.3 Å². The maximum absolute atomic E-state index is 14.0. The van der Waals surface area contributed by atoms with Crippen LogP contribution in [0.25, 0.3) is 0 Å². The summed E-state index contributed by atoms with van der Waals surface area (Å²) < 4.78 is 9.14. The summed E-state index contributed by atoms with van der Waals surface area (Å²) in [5, 5.41) is 4.51. The Balaban J connectivity index is 1.54. The molecule has 0 N–H and O–H groups in total. The van der Waals surface area contributed by atoms with Gasteiger partial charge in [0.25, 0.3) is 5.91 Å². The highest BCUT2D eigenvalue weighted by molar-refractivity contribution is 5.96. The van der Waals surface area contributed by atoms with Gasteiger partial charge < -0.3 is 14.2 Å². The van der Waals surface area contributed by atoms with Crippen LogP contribution >= 0.6 is 0 Å². The first-order valence-electron chi connectivity index (χ1n) is 13.9. The molecule has 2 heterocycles. The Labute approximate surface area is 221 Å². The molecule has 0 bridgehead atoms. The van der Waals surface area contributed by atoms with Gasteiger partial charge in [0.15, 0.2) is 0 Å². The van der Waals surface area contributed by atoms with Crippen molar-refractivity contribution in [1.29, 1.82) is 0 Å². The van der Waals surface area contributed by atoms with E-state index in [1.165, 1.54) is 4.68 Å². The van der Waals surface area contributed by atoms with E-state index in [1.807, 2.05) is 20.8 Å². The largest absolute Gasteiger partial charge is 0.442 e. The van der Waals surface area contributed by atoms with E-state index in [-0.39, 0.29) is 11.9 Å². The van der Waals surface area contributed by atoms with Gasteiger partial charge in [-0.15, -0.1) is 0 Å². The van der Waals surface area contributed by atoms with E-state index in [9.17, 15) is 9.59 Å². The zero-order chi connectivity index (χ0) is 26.9. The molecule has 1 fully saturated rings. The van der Waals surface area contributed by atoms with Crippen molar-refractivity contribution in [3.63, 3.8) is 0 Å². The van der Waals surface area contributed by atoms with Gasteiger partial charge in [-0.25, -0.2) is 4.79 Å². The van der Waals surface area contributed by atoms with Crippen LogP contribution in [0.1, 0.15) is 99.7 Å². The maximum atomic E-state index is 14.0. The van der Waals surface area contributed by atoms with Crippen LogP contribution in [-0.4, -0.2) is 48.9 Å². The monoisotopic (exact) mass is 508 g/mol. The maximum Gasteiger partial charge on any atom is 0.435 e. The third-order valence-electron chi connectivity index (χ3n) is 7.54. The van der Waals surface area contributed by atoms with Gasteiger partial charge in [0.2, 0.25) is 0 Å². The first kappa shape index (κ1) is 27.2. The van der Waals surface area contributed by atoms with E-state index >= 15 is 0 Å². The molecule has 0 saturated heterocycles. The number of amides is 1. The van der Waals surface area contributed by atoms with Crippen LogP contribution in [0, 0.1) is 19.8 Å². The Hall–Kier alpha value is -2.83. The Kier molecular flexibility index (Phi) is 8.00. The van der Waals surface area contributed by atoms with Crippen molar-refractivity contribution in [1.82, 2.24) is 19.2 Å². The van der Waals surface area contributed by atoms with Gasteiger partial charge in [-0.1, -0.05) is 25.5 Å². The standard InChI is InChI=1S/C30H44N4O3/c1-8-10-22(11-9-2)18-32-20(3)16-26(21(32)4)28(35)34(24-12-13-24)25-14-15-27-23(17-25)19-33(31-27)29(36)37-30(5,6)7/h8,10,16,19,22,24-25H,9,11-15,17-18H2,1-7H3/b10-8-. The first-order chi connectivity index (χ1) is 17.5. The van der Waals surface area contributed by atoms with Crippen LogP contribution < -0.4 is 0 Å². The molecule has 0 aliphatic heterocycles. The molecule has 4 rings (SSSR count). The third kappa shape index (κ3) is 6.19. The minimum absolute atomic E-state index is 0.114. The van der Waals surface area contributed by atoms with Crippen molar-refractivity contribution in [2.45, 2.75) is 118 Å². The third-order valence-corrected chi connectivity index (χ3v) is 7.54. The van der Waals surface area contributed by atoms with Gasteiger partial charge in [0, 0.05) is 36.2 Å². The summed E-state index contributed by atoms with van der Waals surface area (Å²) in [7, 11) is 0. The van der Waals surface area contributed by atoms with Crippen molar-refractivity contribution in [2.75, 3.05) is 0 Å². The van der Waals surface area contributed by atoms with Gasteiger partial charge in [-0.05, 0) is 97.6 Å². The minimum atomic E-state index is -0.572. The zero-order valence-electron chi connectivity index (χ0n) is 23.7. The highest BCUT2D eigenvalue weighted by Gasteiger charge is 2.40. The topological polar surface area (TPSA) is 69.4 Å². The molecule has 0 radical (unpaired) electrons. The van der Waals surface area contributed by atoms with Crippen molar-refractivity contribution in [2.24, 2.45) is 5.92 Å². The molecule has 1 saturated carbocycles. The second kappa shape index (κ2) is 10.9. The molecule has 2 aliphatic rings. The summed E-state index contributed by atoms with van der Waals surface area (Å²) in [6.07, 6.45) is 12.5. The molecule has 2 unspecified atom stereocenters. The number of carbonyl (C=O) groups is 2. The van der Waals surface area contributed by atoms with E-state index in [1.54, 1.807) is 6.20 Å². The molecule has 7 heteroatoms. The second-order valence-electron chi connectivity index (χ2n) is 11.8. The lowest BCUT2D eigenvalue weighted by Gasteiger charge is -2.34. The lowest BCUT2D eigenvalue weighted by atomic mass is 9.91. The normalized spacial score (nSPS) is 18.6. The SMILES string of the molecule is C/C=C\C(CCC)Cn1c(C)cc(C(=O)N(C2CC2)C2CCc3nn(C(=O)OC(C)(C)C)cc3C2)c1C. The highest BCUT2D eigenvalue weighted by Crippen LogP contribution is 2.35. The van der Waals surface area contributed by atoms with Crippen LogP contribution in [0.15, 0.2) is 24.4 Å². The second-order valence-corrected chi connectivity index (χ2v) is 11.8. The van der Waals surface area contributed by atoms with Crippen molar-refractivity contribution >= 4 is 12.0 Å². The van der Waals surface area contributed by atoms with E-state index < -0.39 is 11.7 Å². The quantitative estimate of drug-likeness (QED) is 0.396.